The van der Waals surface area contributed by atoms with Crippen molar-refractivity contribution in [3.05, 3.63) is 16.4 Å². The molecule has 0 aromatic carbocycles. The van der Waals surface area contributed by atoms with Gasteiger partial charge in [-0.05, 0) is 56.0 Å². The largest absolute Gasteiger partial charge is 0.373 e. The zero-order valence-electron chi connectivity index (χ0n) is 11.8. The minimum Gasteiger partial charge on any atom is -0.373 e. The summed E-state index contributed by atoms with van der Waals surface area (Å²) in [6, 6.07) is 0.205. The van der Waals surface area contributed by atoms with E-state index in [1.807, 2.05) is 10.9 Å². The molecule has 0 saturated carbocycles. The van der Waals surface area contributed by atoms with Crippen molar-refractivity contribution < 1.29 is 4.74 Å². The van der Waals surface area contributed by atoms with Crippen LogP contribution in [0.4, 0.5) is 0 Å². The van der Waals surface area contributed by atoms with Gasteiger partial charge in [0.2, 0.25) is 0 Å². The molecule has 0 aliphatic carbocycles. The Kier molecular flexibility index (Phi) is 4.66. The SMILES string of the molecule is CC(C)n1ncc(Br)c1C(NN)C1(C)CCCCO1. The number of nitrogens with zero attached hydrogens (tertiary/aromatic N) is 2. The number of ether oxygens (including phenoxy) is 1. The average Bonchev–Trinajstić information content (AvgIpc) is 2.73. The summed E-state index contributed by atoms with van der Waals surface area (Å²) in [5.74, 6) is 5.83. The van der Waals surface area contributed by atoms with E-state index >= 15 is 0 Å². The van der Waals surface area contributed by atoms with Crippen LogP contribution < -0.4 is 11.3 Å². The van der Waals surface area contributed by atoms with Gasteiger partial charge < -0.3 is 4.74 Å². The molecule has 19 heavy (non-hydrogen) atoms. The highest BCUT2D eigenvalue weighted by Crippen LogP contribution is 2.39. The number of nitrogens with two attached hydrogens (primary N) is 1. The van der Waals surface area contributed by atoms with Crippen molar-refractivity contribution in [2.45, 2.75) is 57.7 Å². The van der Waals surface area contributed by atoms with Gasteiger partial charge in [-0.25, -0.2) is 5.43 Å². The van der Waals surface area contributed by atoms with E-state index in [0.29, 0.717) is 0 Å². The van der Waals surface area contributed by atoms with Crippen LogP contribution in [0.25, 0.3) is 0 Å². The molecule has 6 heteroatoms. The molecule has 2 heterocycles. The Morgan fingerprint density at radius 2 is 2.26 bits per heavy atom. The van der Waals surface area contributed by atoms with E-state index in [1.165, 1.54) is 6.42 Å². The van der Waals surface area contributed by atoms with Crippen molar-refractivity contribution in [1.82, 2.24) is 15.2 Å². The highest BCUT2D eigenvalue weighted by atomic mass is 79.9. The number of hydrogen-bond acceptors (Lipinski definition) is 4. The van der Waals surface area contributed by atoms with E-state index in [1.54, 1.807) is 0 Å². The molecule has 1 aliphatic heterocycles. The molecule has 1 saturated heterocycles. The van der Waals surface area contributed by atoms with Crippen molar-refractivity contribution >= 4 is 15.9 Å². The lowest BCUT2D eigenvalue weighted by Crippen LogP contribution is -2.49. The fraction of sp³-hybridized carbons (Fsp3) is 0.769. The topological polar surface area (TPSA) is 65.1 Å². The highest BCUT2D eigenvalue weighted by molar-refractivity contribution is 9.10. The summed E-state index contributed by atoms with van der Waals surface area (Å²) in [4.78, 5) is 0. The van der Waals surface area contributed by atoms with Crippen LogP contribution >= 0.6 is 15.9 Å². The molecule has 3 N–H and O–H groups in total. The summed E-state index contributed by atoms with van der Waals surface area (Å²) >= 11 is 3.58. The summed E-state index contributed by atoms with van der Waals surface area (Å²) < 4.78 is 9.00. The standard InChI is InChI=1S/C13H23BrN4O/c1-9(2)18-11(10(14)8-16-18)12(17-15)13(3)6-4-5-7-19-13/h8-9,12,17H,4-7,15H2,1-3H3. The van der Waals surface area contributed by atoms with Crippen LogP contribution in [0.3, 0.4) is 0 Å². The number of nitrogens with one attached hydrogen (secondary N) is 1. The van der Waals surface area contributed by atoms with Gasteiger partial charge >= 0.3 is 0 Å². The Balaban J connectivity index is 2.38. The van der Waals surface area contributed by atoms with Crippen LogP contribution in [-0.2, 0) is 4.74 Å². The first-order valence-corrected chi connectivity index (χ1v) is 7.62. The number of halogens is 1. The average molecular weight is 331 g/mol. The molecule has 1 aromatic heterocycles. The van der Waals surface area contributed by atoms with E-state index in [-0.39, 0.29) is 17.7 Å². The zero-order valence-corrected chi connectivity index (χ0v) is 13.4. The molecule has 2 rings (SSSR count). The maximum absolute atomic E-state index is 6.03. The van der Waals surface area contributed by atoms with E-state index in [2.05, 4.69) is 47.2 Å². The first-order chi connectivity index (χ1) is 8.99. The molecule has 108 valence electrons. The molecular formula is C13H23BrN4O. The fourth-order valence-electron chi connectivity index (χ4n) is 2.76. The van der Waals surface area contributed by atoms with Crippen LogP contribution in [0.15, 0.2) is 10.7 Å². The van der Waals surface area contributed by atoms with E-state index < -0.39 is 0 Å². The number of hydrogen-bond donors (Lipinski definition) is 2. The fourth-order valence-corrected chi connectivity index (χ4v) is 3.26. The molecule has 2 unspecified atom stereocenters. The van der Waals surface area contributed by atoms with Gasteiger partial charge in [0.25, 0.3) is 0 Å². The maximum Gasteiger partial charge on any atom is 0.0927 e. The predicted octanol–water partition coefficient (Wildman–Crippen LogP) is 2.69. The van der Waals surface area contributed by atoms with Gasteiger partial charge in [-0.1, -0.05) is 0 Å². The Morgan fingerprint density at radius 1 is 1.53 bits per heavy atom. The van der Waals surface area contributed by atoms with Gasteiger partial charge in [-0.15, -0.1) is 0 Å². The Bertz CT molecular complexity index is 426. The molecule has 0 amide bonds. The second-order valence-electron chi connectivity index (χ2n) is 5.63. The third kappa shape index (κ3) is 2.86. The number of rotatable bonds is 4. The van der Waals surface area contributed by atoms with Crippen molar-refractivity contribution in [3.8, 4) is 0 Å². The van der Waals surface area contributed by atoms with Crippen LogP contribution in [-0.4, -0.2) is 22.0 Å². The van der Waals surface area contributed by atoms with Gasteiger partial charge in [0.05, 0.1) is 28.0 Å². The smallest absolute Gasteiger partial charge is 0.0927 e. The van der Waals surface area contributed by atoms with Crippen LogP contribution in [0.2, 0.25) is 0 Å². The Hall–Kier alpha value is -0.430. The molecule has 2 atom stereocenters. The maximum atomic E-state index is 6.03. The van der Waals surface area contributed by atoms with Crippen LogP contribution in [0.5, 0.6) is 0 Å². The van der Waals surface area contributed by atoms with Gasteiger partial charge in [-0.2, -0.15) is 5.10 Å². The summed E-state index contributed by atoms with van der Waals surface area (Å²) in [5.41, 5.74) is 3.70. The first kappa shape index (κ1) is 15.0. The second kappa shape index (κ2) is 5.91. The predicted molar refractivity (Wildman–Crippen MR) is 78.6 cm³/mol. The lowest BCUT2D eigenvalue weighted by atomic mass is 9.86. The lowest BCUT2D eigenvalue weighted by Gasteiger charge is -2.40. The quantitative estimate of drug-likeness (QED) is 0.658. The van der Waals surface area contributed by atoms with Crippen molar-refractivity contribution in [3.63, 3.8) is 0 Å². The normalized spacial score (nSPS) is 25.8. The molecular weight excluding hydrogens is 308 g/mol. The van der Waals surface area contributed by atoms with Crippen molar-refractivity contribution in [2.24, 2.45) is 5.84 Å². The molecule has 1 aromatic rings. The summed E-state index contributed by atoms with van der Waals surface area (Å²) in [7, 11) is 0. The Morgan fingerprint density at radius 3 is 2.79 bits per heavy atom. The third-order valence-corrected chi connectivity index (χ3v) is 4.44. The molecule has 0 spiro atoms. The van der Waals surface area contributed by atoms with Crippen molar-refractivity contribution in [2.75, 3.05) is 6.61 Å². The van der Waals surface area contributed by atoms with Gasteiger partial charge in [0.1, 0.15) is 0 Å². The summed E-state index contributed by atoms with van der Waals surface area (Å²) in [6.07, 6.45) is 5.11. The third-order valence-electron chi connectivity index (χ3n) is 3.83. The van der Waals surface area contributed by atoms with E-state index in [0.717, 1.165) is 29.6 Å². The molecule has 5 nitrogen and oxygen atoms in total. The molecule has 1 aliphatic rings. The van der Waals surface area contributed by atoms with Crippen LogP contribution in [0.1, 0.15) is 57.8 Å². The molecule has 0 bridgehead atoms. The number of aromatic nitrogens is 2. The lowest BCUT2D eigenvalue weighted by molar-refractivity contribution is -0.0917. The van der Waals surface area contributed by atoms with Gasteiger partial charge in [0, 0.05) is 12.6 Å². The first-order valence-electron chi connectivity index (χ1n) is 6.82. The summed E-state index contributed by atoms with van der Waals surface area (Å²) in [6.45, 7) is 7.14. The molecule has 1 fully saturated rings. The van der Waals surface area contributed by atoms with E-state index in [4.69, 9.17) is 10.6 Å². The van der Waals surface area contributed by atoms with Gasteiger partial charge in [-0.3, -0.25) is 10.5 Å². The number of hydrazine groups is 1. The summed E-state index contributed by atoms with van der Waals surface area (Å²) in [5, 5.41) is 4.43. The minimum atomic E-state index is -0.289. The van der Waals surface area contributed by atoms with Gasteiger partial charge in [0.15, 0.2) is 0 Å². The minimum absolute atomic E-state index is 0.0768. The monoisotopic (exact) mass is 330 g/mol. The zero-order chi connectivity index (χ0) is 14.0. The molecule has 0 radical (unpaired) electrons. The van der Waals surface area contributed by atoms with Crippen LogP contribution in [0, 0.1) is 0 Å². The second-order valence-corrected chi connectivity index (χ2v) is 6.49. The van der Waals surface area contributed by atoms with E-state index in [9.17, 15) is 0 Å². The highest BCUT2D eigenvalue weighted by Gasteiger charge is 2.40. The Labute approximate surface area is 123 Å². The van der Waals surface area contributed by atoms with Crippen molar-refractivity contribution in [1.29, 1.82) is 0 Å².